The highest BCUT2D eigenvalue weighted by molar-refractivity contribution is 7.14. The van der Waals surface area contributed by atoms with Gasteiger partial charge >= 0.3 is 0 Å². The Balaban J connectivity index is 2.56. The van der Waals surface area contributed by atoms with E-state index in [1.54, 1.807) is 0 Å². The van der Waals surface area contributed by atoms with Gasteiger partial charge in [-0.2, -0.15) is 0 Å². The van der Waals surface area contributed by atoms with E-state index < -0.39 is 0 Å². The number of nitrogen functional groups attached to an aromatic ring is 1. The van der Waals surface area contributed by atoms with Crippen LogP contribution in [0.25, 0.3) is 0 Å². The van der Waals surface area contributed by atoms with E-state index in [2.05, 4.69) is 0 Å². The molecule has 0 fully saturated rings. The van der Waals surface area contributed by atoms with Crippen molar-refractivity contribution in [2.24, 2.45) is 0 Å². The van der Waals surface area contributed by atoms with Crippen molar-refractivity contribution in [1.82, 2.24) is 0 Å². The second-order valence-electron chi connectivity index (χ2n) is 2.78. The van der Waals surface area contributed by atoms with Crippen molar-refractivity contribution in [3.8, 4) is 0 Å². The average molecular weight is 167 g/mol. The summed E-state index contributed by atoms with van der Waals surface area (Å²) in [4.78, 5) is 11.3. The predicted molar refractivity (Wildman–Crippen MR) is 46.0 cm³/mol. The van der Waals surface area contributed by atoms with Crippen molar-refractivity contribution in [2.75, 3.05) is 5.73 Å². The number of anilines is 1. The van der Waals surface area contributed by atoms with Crippen LogP contribution in [0.2, 0.25) is 0 Å². The predicted octanol–water partition coefficient (Wildman–Crippen LogP) is 1.85. The number of hydrogen-bond acceptors (Lipinski definition) is 3. The highest BCUT2D eigenvalue weighted by atomic mass is 32.1. The fourth-order valence-electron chi connectivity index (χ4n) is 1.48. The number of rotatable bonds is 0. The van der Waals surface area contributed by atoms with Gasteiger partial charge in [-0.05, 0) is 23.8 Å². The van der Waals surface area contributed by atoms with Crippen molar-refractivity contribution >= 4 is 22.1 Å². The highest BCUT2D eigenvalue weighted by Crippen LogP contribution is 2.31. The molecule has 2 rings (SSSR count). The Labute approximate surface area is 69.0 Å². The zero-order chi connectivity index (χ0) is 7.84. The molecule has 1 aliphatic rings. The first-order chi connectivity index (χ1) is 5.29. The van der Waals surface area contributed by atoms with Gasteiger partial charge in [-0.1, -0.05) is 0 Å². The Morgan fingerprint density at radius 3 is 3.00 bits per heavy atom. The van der Waals surface area contributed by atoms with E-state index >= 15 is 0 Å². The molecule has 1 aromatic rings. The van der Waals surface area contributed by atoms with Crippen molar-refractivity contribution in [3.63, 3.8) is 0 Å². The Morgan fingerprint density at radius 1 is 1.45 bits per heavy atom. The molecular formula is C8H9NOS. The third-order valence-corrected chi connectivity index (χ3v) is 2.88. The Hall–Kier alpha value is -0.830. The maximum atomic E-state index is 11.3. The molecule has 0 saturated heterocycles. The van der Waals surface area contributed by atoms with Gasteiger partial charge in [-0.25, -0.2) is 0 Å². The first-order valence-corrected chi connectivity index (χ1v) is 4.56. The second kappa shape index (κ2) is 2.34. The molecule has 0 radical (unpaired) electrons. The summed E-state index contributed by atoms with van der Waals surface area (Å²) in [5.74, 6) is 0.227. The summed E-state index contributed by atoms with van der Waals surface area (Å²) in [5, 5.41) is 2.70. The molecule has 0 atom stereocenters. The topological polar surface area (TPSA) is 43.1 Å². The molecule has 1 aliphatic carbocycles. The lowest BCUT2D eigenvalue weighted by Crippen LogP contribution is -2.09. The minimum Gasteiger partial charge on any atom is -0.390 e. The number of carbonyl (C=O) groups is 1. The molecule has 1 aromatic heterocycles. The van der Waals surface area contributed by atoms with E-state index in [1.807, 2.05) is 5.38 Å². The van der Waals surface area contributed by atoms with Crippen molar-refractivity contribution in [1.29, 1.82) is 0 Å². The molecule has 2 N–H and O–H groups in total. The summed E-state index contributed by atoms with van der Waals surface area (Å²) < 4.78 is 0. The SMILES string of the molecule is Nc1scc2c1C(=O)CCC2. The van der Waals surface area contributed by atoms with Crippen LogP contribution in [0.3, 0.4) is 0 Å². The number of Topliss-reactive ketones (excluding diaryl/α,β-unsaturated/α-hetero) is 1. The molecule has 3 heteroatoms. The van der Waals surface area contributed by atoms with Gasteiger partial charge in [-0.3, -0.25) is 4.79 Å². The van der Waals surface area contributed by atoms with Crippen LogP contribution in [-0.4, -0.2) is 5.78 Å². The molecule has 2 nitrogen and oxygen atoms in total. The normalized spacial score (nSPS) is 16.5. The smallest absolute Gasteiger partial charge is 0.166 e. The van der Waals surface area contributed by atoms with E-state index in [1.165, 1.54) is 11.3 Å². The third-order valence-electron chi connectivity index (χ3n) is 2.02. The lowest BCUT2D eigenvalue weighted by atomic mass is 9.94. The van der Waals surface area contributed by atoms with E-state index in [9.17, 15) is 4.79 Å². The third kappa shape index (κ3) is 0.959. The van der Waals surface area contributed by atoms with Crippen LogP contribution in [0.1, 0.15) is 28.8 Å². The van der Waals surface area contributed by atoms with Crippen LogP contribution in [0.4, 0.5) is 5.00 Å². The number of thiophene rings is 1. The first kappa shape index (κ1) is 6.85. The molecule has 58 valence electrons. The standard InChI is InChI=1S/C8H9NOS/c9-8-7-5(4-11-8)2-1-3-6(7)10/h4H,1-3,9H2. The summed E-state index contributed by atoms with van der Waals surface area (Å²) in [5.41, 5.74) is 7.61. The lowest BCUT2D eigenvalue weighted by Gasteiger charge is -2.09. The summed E-state index contributed by atoms with van der Waals surface area (Å²) in [6.45, 7) is 0. The minimum atomic E-state index is 0.227. The van der Waals surface area contributed by atoms with E-state index in [4.69, 9.17) is 5.73 Å². The number of carbonyl (C=O) groups excluding carboxylic acids is 1. The van der Waals surface area contributed by atoms with Crippen LogP contribution < -0.4 is 5.73 Å². The Bertz CT molecular complexity index is 303. The number of aryl methyl sites for hydroxylation is 1. The van der Waals surface area contributed by atoms with Gasteiger partial charge < -0.3 is 5.73 Å². The summed E-state index contributed by atoms with van der Waals surface area (Å²) in [6.07, 6.45) is 2.69. The van der Waals surface area contributed by atoms with Crippen LogP contribution in [0.15, 0.2) is 5.38 Å². The number of nitrogens with two attached hydrogens (primary N) is 1. The zero-order valence-electron chi connectivity index (χ0n) is 6.09. The summed E-state index contributed by atoms with van der Waals surface area (Å²) >= 11 is 1.48. The van der Waals surface area contributed by atoms with E-state index in [0.29, 0.717) is 11.4 Å². The second-order valence-corrected chi connectivity index (χ2v) is 3.69. The van der Waals surface area contributed by atoms with E-state index in [-0.39, 0.29) is 5.78 Å². The minimum absolute atomic E-state index is 0.227. The lowest BCUT2D eigenvalue weighted by molar-refractivity contribution is 0.0974. The van der Waals surface area contributed by atoms with Crippen molar-refractivity contribution in [2.45, 2.75) is 19.3 Å². The summed E-state index contributed by atoms with van der Waals surface area (Å²) in [7, 11) is 0. The Kier molecular flexibility index (Phi) is 1.46. The van der Waals surface area contributed by atoms with Gasteiger partial charge in [-0.15, -0.1) is 11.3 Å². The molecule has 1 heterocycles. The van der Waals surface area contributed by atoms with E-state index in [0.717, 1.165) is 24.0 Å². The quantitative estimate of drug-likeness (QED) is 0.640. The van der Waals surface area contributed by atoms with Gasteiger partial charge in [0.1, 0.15) is 0 Å². The maximum absolute atomic E-state index is 11.3. The largest absolute Gasteiger partial charge is 0.390 e. The Morgan fingerprint density at radius 2 is 2.27 bits per heavy atom. The van der Waals surface area contributed by atoms with Crippen LogP contribution >= 0.6 is 11.3 Å². The molecule has 0 aliphatic heterocycles. The number of hydrogen-bond donors (Lipinski definition) is 1. The monoisotopic (exact) mass is 167 g/mol. The number of ketones is 1. The zero-order valence-corrected chi connectivity index (χ0v) is 6.91. The van der Waals surface area contributed by atoms with Gasteiger partial charge in [0.25, 0.3) is 0 Å². The van der Waals surface area contributed by atoms with Crippen molar-refractivity contribution in [3.05, 3.63) is 16.5 Å². The van der Waals surface area contributed by atoms with Gasteiger partial charge in [0.2, 0.25) is 0 Å². The molecule has 0 bridgehead atoms. The van der Waals surface area contributed by atoms with Crippen LogP contribution in [0.5, 0.6) is 0 Å². The molecule has 0 spiro atoms. The summed E-state index contributed by atoms with van der Waals surface area (Å²) in [6, 6.07) is 0. The molecule has 11 heavy (non-hydrogen) atoms. The highest BCUT2D eigenvalue weighted by Gasteiger charge is 2.20. The maximum Gasteiger partial charge on any atom is 0.166 e. The molecule has 0 saturated carbocycles. The van der Waals surface area contributed by atoms with Crippen LogP contribution in [-0.2, 0) is 6.42 Å². The molecule has 0 aromatic carbocycles. The fourth-order valence-corrected chi connectivity index (χ4v) is 2.34. The molecular weight excluding hydrogens is 158 g/mol. The molecule has 0 unspecified atom stereocenters. The van der Waals surface area contributed by atoms with Gasteiger partial charge in [0.15, 0.2) is 5.78 Å². The van der Waals surface area contributed by atoms with Gasteiger partial charge in [0.05, 0.1) is 10.6 Å². The fraction of sp³-hybridized carbons (Fsp3) is 0.375. The van der Waals surface area contributed by atoms with Gasteiger partial charge in [0, 0.05) is 6.42 Å². The average Bonchev–Trinajstić information content (AvgIpc) is 2.34. The molecule has 0 amide bonds. The number of fused-ring (bicyclic) bond motifs is 1. The first-order valence-electron chi connectivity index (χ1n) is 3.68. The van der Waals surface area contributed by atoms with Crippen LogP contribution in [0, 0.1) is 0 Å². The van der Waals surface area contributed by atoms with Crippen molar-refractivity contribution < 1.29 is 4.79 Å².